The fourth-order valence-electron chi connectivity index (χ4n) is 4.49. The Labute approximate surface area is 190 Å². The predicted octanol–water partition coefficient (Wildman–Crippen LogP) is 4.17. The lowest BCUT2D eigenvalue weighted by atomic mass is 10.0. The molecule has 1 unspecified atom stereocenters. The molecule has 7 heteroatoms. The van der Waals surface area contributed by atoms with Crippen LogP contribution in [0.3, 0.4) is 0 Å². The second-order valence-corrected chi connectivity index (χ2v) is 8.55. The summed E-state index contributed by atoms with van der Waals surface area (Å²) in [7, 11) is 0. The zero-order valence-corrected chi connectivity index (χ0v) is 18.0. The number of aromatic nitrogens is 4. The first kappa shape index (κ1) is 19.8. The highest BCUT2D eigenvalue weighted by Crippen LogP contribution is 2.33. The molecule has 164 valence electrons. The summed E-state index contributed by atoms with van der Waals surface area (Å²) in [4.78, 5) is 11.2. The van der Waals surface area contributed by atoms with E-state index in [0.29, 0.717) is 18.8 Å². The molecule has 3 heterocycles. The highest BCUT2D eigenvalue weighted by atomic mass is 16.5. The first-order chi connectivity index (χ1) is 16.2. The normalized spacial score (nSPS) is 18.8. The van der Waals surface area contributed by atoms with Crippen LogP contribution in [0.25, 0.3) is 28.1 Å². The molecule has 3 aromatic carbocycles. The lowest BCUT2D eigenvalue weighted by Gasteiger charge is -2.19. The smallest absolute Gasteiger partial charge is 0.260 e. The van der Waals surface area contributed by atoms with Crippen LogP contribution in [0.15, 0.2) is 89.7 Å². The summed E-state index contributed by atoms with van der Waals surface area (Å²) in [5, 5.41) is 15.3. The molecular weight excluding hydrogens is 414 g/mol. The molecule has 1 N–H and O–H groups in total. The van der Waals surface area contributed by atoms with Gasteiger partial charge in [-0.15, -0.1) is 0 Å². The maximum Gasteiger partial charge on any atom is 0.260 e. The number of likely N-dealkylation sites (tertiary alicyclic amines) is 1. The van der Waals surface area contributed by atoms with E-state index in [4.69, 9.17) is 4.52 Å². The molecule has 0 saturated carbocycles. The molecule has 1 atom stereocenters. The van der Waals surface area contributed by atoms with Crippen LogP contribution in [0, 0.1) is 0 Å². The van der Waals surface area contributed by atoms with Gasteiger partial charge < -0.3 is 9.63 Å². The van der Waals surface area contributed by atoms with Gasteiger partial charge in [-0.2, -0.15) is 4.98 Å². The average Bonchev–Trinajstić information content (AvgIpc) is 3.59. The van der Waals surface area contributed by atoms with Crippen molar-refractivity contribution in [2.24, 2.45) is 0 Å². The molecule has 0 bridgehead atoms. The van der Waals surface area contributed by atoms with Crippen molar-refractivity contribution >= 4 is 11.0 Å². The van der Waals surface area contributed by atoms with E-state index >= 15 is 0 Å². The Kier molecular flexibility index (Phi) is 4.78. The van der Waals surface area contributed by atoms with Crippen molar-refractivity contribution in [2.45, 2.75) is 18.6 Å². The zero-order valence-electron chi connectivity index (χ0n) is 18.0. The quantitative estimate of drug-likeness (QED) is 0.445. The molecule has 0 spiro atoms. The third-order valence-electron chi connectivity index (χ3n) is 6.26. The monoisotopic (exact) mass is 437 g/mol. The summed E-state index contributed by atoms with van der Waals surface area (Å²) < 4.78 is 7.56. The van der Waals surface area contributed by atoms with E-state index in [0.717, 1.165) is 35.4 Å². The number of hydrogen-bond acceptors (Lipinski definition) is 6. The van der Waals surface area contributed by atoms with Crippen molar-refractivity contribution in [3.05, 3.63) is 96.6 Å². The Hall–Kier alpha value is -3.81. The number of hydrogen-bond donors (Lipinski definition) is 1. The van der Waals surface area contributed by atoms with Gasteiger partial charge in [0.25, 0.3) is 5.89 Å². The second kappa shape index (κ2) is 7.95. The van der Waals surface area contributed by atoms with Gasteiger partial charge in [-0.1, -0.05) is 47.6 Å². The number of nitrogens with zero attached hydrogens (tertiary/aromatic N) is 5. The number of aliphatic hydroxyl groups is 1. The Morgan fingerprint density at radius 1 is 0.939 bits per heavy atom. The summed E-state index contributed by atoms with van der Waals surface area (Å²) in [5.41, 5.74) is 3.93. The van der Waals surface area contributed by atoms with Crippen molar-refractivity contribution in [2.75, 3.05) is 13.1 Å². The highest BCUT2D eigenvalue weighted by Gasteiger charge is 2.42. The summed E-state index contributed by atoms with van der Waals surface area (Å²) >= 11 is 0. The van der Waals surface area contributed by atoms with Gasteiger partial charge in [0, 0.05) is 30.9 Å². The van der Waals surface area contributed by atoms with Crippen molar-refractivity contribution in [1.82, 2.24) is 24.6 Å². The van der Waals surface area contributed by atoms with E-state index in [1.54, 1.807) is 0 Å². The Bertz CT molecular complexity index is 1390. The van der Waals surface area contributed by atoms with Gasteiger partial charge in [0.2, 0.25) is 5.82 Å². The molecule has 7 nitrogen and oxygen atoms in total. The molecule has 2 aromatic heterocycles. The topological polar surface area (TPSA) is 80.2 Å². The standard InChI is InChI=1S/C26H23N5O2/c32-26(14-15-30(17-26)16-19-6-2-1-3-7-19)25-28-24(29-33-25)20-10-12-21(13-11-20)31-18-27-22-8-4-5-9-23(22)31/h1-13,18,32H,14-17H2. The largest absolute Gasteiger partial charge is 0.379 e. The third kappa shape index (κ3) is 3.71. The van der Waals surface area contributed by atoms with Crippen molar-refractivity contribution in [3.8, 4) is 17.1 Å². The van der Waals surface area contributed by atoms with Gasteiger partial charge >= 0.3 is 0 Å². The van der Waals surface area contributed by atoms with Crippen LogP contribution in [0.1, 0.15) is 17.9 Å². The van der Waals surface area contributed by atoms with Crippen molar-refractivity contribution < 1.29 is 9.63 Å². The van der Waals surface area contributed by atoms with Crippen molar-refractivity contribution in [3.63, 3.8) is 0 Å². The minimum atomic E-state index is -1.13. The van der Waals surface area contributed by atoms with Crippen LogP contribution in [0.4, 0.5) is 0 Å². The molecule has 5 aromatic rings. The van der Waals surface area contributed by atoms with E-state index < -0.39 is 5.60 Å². The number of rotatable bonds is 5. The number of imidazole rings is 1. The molecule has 6 rings (SSSR count). The highest BCUT2D eigenvalue weighted by molar-refractivity contribution is 5.77. The first-order valence-electron chi connectivity index (χ1n) is 11.0. The molecule has 1 fully saturated rings. The van der Waals surface area contributed by atoms with E-state index in [9.17, 15) is 5.11 Å². The van der Waals surface area contributed by atoms with Crippen LogP contribution in [0.5, 0.6) is 0 Å². The fraction of sp³-hybridized carbons (Fsp3) is 0.192. The van der Waals surface area contributed by atoms with Crippen LogP contribution in [-0.2, 0) is 12.1 Å². The summed E-state index contributed by atoms with van der Waals surface area (Å²) in [6.45, 7) is 2.03. The lowest BCUT2D eigenvalue weighted by molar-refractivity contribution is 0.0131. The second-order valence-electron chi connectivity index (χ2n) is 8.55. The van der Waals surface area contributed by atoms with Crippen LogP contribution in [-0.4, -0.2) is 42.8 Å². The first-order valence-corrected chi connectivity index (χ1v) is 11.0. The van der Waals surface area contributed by atoms with Gasteiger partial charge in [-0.05, 0) is 48.4 Å². The van der Waals surface area contributed by atoms with E-state index in [1.165, 1.54) is 5.56 Å². The SMILES string of the molecule is OC1(c2nc(-c3ccc(-n4cnc5ccccc54)cc3)no2)CCN(Cc2ccccc2)C1. The molecule has 1 aliphatic rings. The Morgan fingerprint density at radius 2 is 1.73 bits per heavy atom. The zero-order chi connectivity index (χ0) is 22.3. The van der Waals surface area contributed by atoms with Gasteiger partial charge in [-0.25, -0.2) is 4.98 Å². The van der Waals surface area contributed by atoms with Crippen LogP contribution < -0.4 is 0 Å². The van der Waals surface area contributed by atoms with E-state index in [2.05, 4.69) is 32.2 Å². The van der Waals surface area contributed by atoms with Gasteiger partial charge in [0.15, 0.2) is 5.60 Å². The summed E-state index contributed by atoms with van der Waals surface area (Å²) in [6, 6.07) is 26.2. The van der Waals surface area contributed by atoms with Gasteiger partial charge in [0.1, 0.15) is 6.33 Å². The number of benzene rings is 3. The lowest BCUT2D eigenvalue weighted by Crippen LogP contribution is -2.31. The van der Waals surface area contributed by atoms with Crippen LogP contribution in [0.2, 0.25) is 0 Å². The van der Waals surface area contributed by atoms with Gasteiger partial charge in [-0.3, -0.25) is 9.47 Å². The average molecular weight is 438 g/mol. The minimum absolute atomic E-state index is 0.276. The van der Waals surface area contributed by atoms with Gasteiger partial charge in [0.05, 0.1) is 11.0 Å². The molecule has 33 heavy (non-hydrogen) atoms. The Morgan fingerprint density at radius 3 is 2.58 bits per heavy atom. The summed E-state index contributed by atoms with van der Waals surface area (Å²) in [6.07, 6.45) is 2.39. The van der Waals surface area contributed by atoms with E-state index in [1.807, 2.05) is 77.6 Å². The maximum atomic E-state index is 11.2. The minimum Gasteiger partial charge on any atom is -0.379 e. The molecule has 0 aliphatic carbocycles. The maximum absolute atomic E-state index is 11.2. The number of fused-ring (bicyclic) bond motifs is 1. The summed E-state index contributed by atoms with van der Waals surface area (Å²) in [5.74, 6) is 0.750. The van der Waals surface area contributed by atoms with Crippen molar-refractivity contribution in [1.29, 1.82) is 0 Å². The van der Waals surface area contributed by atoms with E-state index in [-0.39, 0.29) is 5.89 Å². The number of β-amino-alcohol motifs (C(OH)–C–C–N with tert-alkyl or cyclic N) is 1. The predicted molar refractivity (Wildman–Crippen MR) is 125 cm³/mol. The third-order valence-corrected chi connectivity index (χ3v) is 6.26. The molecule has 1 aliphatic heterocycles. The molecular formula is C26H23N5O2. The number of para-hydroxylation sites is 2. The fourth-order valence-corrected chi connectivity index (χ4v) is 4.49. The Balaban J connectivity index is 1.20. The molecule has 1 saturated heterocycles. The van der Waals surface area contributed by atoms with Crippen LogP contribution >= 0.6 is 0 Å². The molecule has 0 radical (unpaired) electrons. The molecule has 0 amide bonds.